The molecule has 1 fully saturated rings. The van der Waals surface area contributed by atoms with Crippen molar-refractivity contribution < 1.29 is 24.8 Å². The third kappa shape index (κ3) is 11.2. The van der Waals surface area contributed by atoms with Crippen molar-refractivity contribution in [1.82, 2.24) is 0 Å². The minimum Gasteiger partial charge on any atom is -0.394 e. The van der Waals surface area contributed by atoms with Gasteiger partial charge in [-0.15, -0.1) is 0 Å². The van der Waals surface area contributed by atoms with Gasteiger partial charge in [-0.3, -0.25) is 0 Å². The molecule has 0 saturated carbocycles. The average Bonchev–Trinajstić information content (AvgIpc) is 3.04. The van der Waals surface area contributed by atoms with Crippen LogP contribution < -0.4 is 0 Å². The van der Waals surface area contributed by atoms with Gasteiger partial charge in [0.2, 0.25) is 0 Å². The van der Waals surface area contributed by atoms with E-state index in [2.05, 4.69) is 19.1 Å². The number of aliphatic hydroxyl groups is 3. The third-order valence-corrected chi connectivity index (χ3v) is 5.20. The number of ether oxygens (including phenoxy) is 2. The number of allylic oxidation sites excluding steroid dienone is 2. The molecule has 1 aliphatic rings. The zero-order chi connectivity index (χ0) is 19.7. The van der Waals surface area contributed by atoms with Gasteiger partial charge >= 0.3 is 0 Å². The summed E-state index contributed by atoms with van der Waals surface area (Å²) in [6, 6.07) is 0. The Bertz CT molecular complexity index is 361. The van der Waals surface area contributed by atoms with Crippen molar-refractivity contribution in [1.29, 1.82) is 0 Å². The lowest BCUT2D eigenvalue weighted by molar-refractivity contribution is -0.0935. The number of hydrogen-bond donors (Lipinski definition) is 3. The van der Waals surface area contributed by atoms with Crippen molar-refractivity contribution in [3.63, 3.8) is 0 Å². The maximum atomic E-state index is 9.86. The van der Waals surface area contributed by atoms with E-state index in [1.807, 2.05) is 0 Å². The van der Waals surface area contributed by atoms with Crippen molar-refractivity contribution >= 4 is 0 Å². The Kier molecular flexibility index (Phi) is 15.0. The van der Waals surface area contributed by atoms with E-state index < -0.39 is 31.0 Å². The Labute approximate surface area is 165 Å². The van der Waals surface area contributed by atoms with Gasteiger partial charge < -0.3 is 24.8 Å². The standard InChI is InChI=1S/C22H42O5/c1-2-3-4-5-6-7-8-9-10-11-12-13-14-15-16-26-22-20(25)18-27-21(22)19(24)17-23/h12-13,19-25H,2-11,14-18H2,1H3/b13-12+/t19-,20+,21+,22+/m1/s1. The van der Waals surface area contributed by atoms with E-state index in [4.69, 9.17) is 14.6 Å². The van der Waals surface area contributed by atoms with Crippen LogP contribution in [0.1, 0.15) is 84.0 Å². The molecular formula is C22H42O5. The lowest BCUT2D eigenvalue weighted by Gasteiger charge is -2.23. The van der Waals surface area contributed by atoms with Gasteiger partial charge in [0, 0.05) is 6.61 Å². The summed E-state index contributed by atoms with van der Waals surface area (Å²) < 4.78 is 11.0. The number of hydrogen-bond acceptors (Lipinski definition) is 5. The fourth-order valence-electron chi connectivity index (χ4n) is 3.49. The first-order chi connectivity index (χ1) is 13.2. The van der Waals surface area contributed by atoms with Crippen LogP contribution in [-0.2, 0) is 9.47 Å². The molecule has 0 aromatic rings. The summed E-state index contributed by atoms with van der Waals surface area (Å²) in [6.45, 7) is 2.53. The molecule has 1 aliphatic heterocycles. The second-order valence-electron chi connectivity index (χ2n) is 7.68. The lowest BCUT2D eigenvalue weighted by Crippen LogP contribution is -2.42. The highest BCUT2D eigenvalue weighted by atomic mass is 16.6. The second kappa shape index (κ2) is 16.5. The summed E-state index contributed by atoms with van der Waals surface area (Å²) in [5, 5.41) is 28.6. The Morgan fingerprint density at radius 2 is 1.56 bits per heavy atom. The van der Waals surface area contributed by atoms with Crippen LogP contribution in [0.15, 0.2) is 12.2 Å². The van der Waals surface area contributed by atoms with E-state index in [0.29, 0.717) is 6.61 Å². The van der Waals surface area contributed by atoms with E-state index in [1.54, 1.807) is 0 Å². The van der Waals surface area contributed by atoms with Crippen LogP contribution >= 0.6 is 0 Å². The summed E-state index contributed by atoms with van der Waals surface area (Å²) >= 11 is 0. The summed E-state index contributed by atoms with van der Waals surface area (Å²) in [5.41, 5.74) is 0. The quantitative estimate of drug-likeness (QED) is 0.262. The smallest absolute Gasteiger partial charge is 0.114 e. The molecular weight excluding hydrogens is 344 g/mol. The monoisotopic (exact) mass is 386 g/mol. The first kappa shape index (κ1) is 24.6. The molecule has 0 radical (unpaired) electrons. The summed E-state index contributed by atoms with van der Waals surface area (Å²) in [7, 11) is 0. The van der Waals surface area contributed by atoms with Crippen LogP contribution in [0.4, 0.5) is 0 Å². The molecule has 0 amide bonds. The van der Waals surface area contributed by atoms with Crippen molar-refractivity contribution in [2.75, 3.05) is 19.8 Å². The fourth-order valence-corrected chi connectivity index (χ4v) is 3.49. The molecule has 27 heavy (non-hydrogen) atoms. The van der Waals surface area contributed by atoms with Gasteiger partial charge in [0.25, 0.3) is 0 Å². The highest BCUT2D eigenvalue weighted by Crippen LogP contribution is 2.21. The SMILES string of the molecule is CCCCCCCCCCC/C=C/CCCO[C@@H]1[C@H]([C@H](O)CO)OC[C@@H]1O. The molecule has 5 heteroatoms. The third-order valence-electron chi connectivity index (χ3n) is 5.20. The molecule has 0 spiro atoms. The number of unbranched alkanes of at least 4 members (excludes halogenated alkanes) is 10. The van der Waals surface area contributed by atoms with E-state index >= 15 is 0 Å². The zero-order valence-corrected chi connectivity index (χ0v) is 17.2. The van der Waals surface area contributed by atoms with Gasteiger partial charge in [0.15, 0.2) is 0 Å². The predicted molar refractivity (Wildman–Crippen MR) is 109 cm³/mol. The maximum absolute atomic E-state index is 9.86. The topological polar surface area (TPSA) is 79.2 Å². The molecule has 160 valence electrons. The molecule has 1 rings (SSSR count). The number of rotatable bonds is 17. The van der Waals surface area contributed by atoms with Crippen molar-refractivity contribution in [3.05, 3.63) is 12.2 Å². The Hall–Kier alpha value is -0.460. The zero-order valence-electron chi connectivity index (χ0n) is 17.2. The highest BCUT2D eigenvalue weighted by molar-refractivity contribution is 4.89. The van der Waals surface area contributed by atoms with Crippen molar-refractivity contribution in [3.8, 4) is 0 Å². The van der Waals surface area contributed by atoms with E-state index in [-0.39, 0.29) is 6.61 Å². The minimum absolute atomic E-state index is 0.144. The second-order valence-corrected chi connectivity index (χ2v) is 7.68. The molecule has 3 N–H and O–H groups in total. The Morgan fingerprint density at radius 1 is 0.963 bits per heavy atom. The Balaban J connectivity index is 1.93. The summed E-state index contributed by atoms with van der Waals surface area (Å²) in [6.07, 6.45) is 16.7. The summed E-state index contributed by atoms with van der Waals surface area (Å²) in [5.74, 6) is 0. The molecule has 1 heterocycles. The van der Waals surface area contributed by atoms with Crippen molar-refractivity contribution in [2.45, 2.75) is 108 Å². The summed E-state index contributed by atoms with van der Waals surface area (Å²) in [4.78, 5) is 0. The van der Waals surface area contributed by atoms with Crippen LogP contribution in [0.5, 0.6) is 0 Å². The van der Waals surface area contributed by atoms with Crippen LogP contribution in [0.25, 0.3) is 0 Å². The first-order valence-corrected chi connectivity index (χ1v) is 11.1. The number of aliphatic hydroxyl groups excluding tert-OH is 3. The minimum atomic E-state index is -1.01. The van der Waals surface area contributed by atoms with Crippen molar-refractivity contribution in [2.24, 2.45) is 0 Å². The van der Waals surface area contributed by atoms with Gasteiger partial charge in [-0.05, 0) is 25.7 Å². The first-order valence-electron chi connectivity index (χ1n) is 11.1. The molecule has 0 bridgehead atoms. The highest BCUT2D eigenvalue weighted by Gasteiger charge is 2.40. The molecule has 0 aromatic carbocycles. The van der Waals surface area contributed by atoms with Crippen LogP contribution in [-0.4, -0.2) is 59.6 Å². The van der Waals surface area contributed by atoms with Gasteiger partial charge in [-0.1, -0.05) is 70.4 Å². The van der Waals surface area contributed by atoms with Gasteiger partial charge in [-0.2, -0.15) is 0 Å². The largest absolute Gasteiger partial charge is 0.394 e. The predicted octanol–water partition coefficient (Wildman–Crippen LogP) is 3.74. The lowest BCUT2D eigenvalue weighted by atomic mass is 10.1. The van der Waals surface area contributed by atoms with Crippen LogP contribution in [0.3, 0.4) is 0 Å². The van der Waals surface area contributed by atoms with Gasteiger partial charge in [0.05, 0.1) is 13.2 Å². The average molecular weight is 387 g/mol. The van der Waals surface area contributed by atoms with Gasteiger partial charge in [0.1, 0.15) is 24.4 Å². The van der Waals surface area contributed by atoms with Crippen LogP contribution in [0, 0.1) is 0 Å². The van der Waals surface area contributed by atoms with E-state index in [9.17, 15) is 10.2 Å². The Morgan fingerprint density at radius 3 is 2.19 bits per heavy atom. The van der Waals surface area contributed by atoms with Crippen LogP contribution in [0.2, 0.25) is 0 Å². The van der Waals surface area contributed by atoms with E-state index in [0.717, 1.165) is 19.3 Å². The maximum Gasteiger partial charge on any atom is 0.114 e. The fraction of sp³-hybridized carbons (Fsp3) is 0.909. The molecule has 4 atom stereocenters. The van der Waals surface area contributed by atoms with Gasteiger partial charge in [-0.25, -0.2) is 0 Å². The van der Waals surface area contributed by atoms with E-state index in [1.165, 1.54) is 57.8 Å². The normalized spacial score (nSPS) is 24.1. The molecule has 0 unspecified atom stereocenters. The molecule has 1 saturated heterocycles. The molecule has 0 aliphatic carbocycles. The molecule has 5 nitrogen and oxygen atoms in total. The molecule has 0 aromatic heterocycles.